The van der Waals surface area contributed by atoms with E-state index < -0.39 is 0 Å². The van der Waals surface area contributed by atoms with E-state index in [1.165, 1.54) is 18.4 Å². The zero-order valence-electron chi connectivity index (χ0n) is 11.4. The molecule has 1 heterocycles. The molecule has 1 aliphatic heterocycles. The van der Waals surface area contributed by atoms with Crippen molar-refractivity contribution in [3.8, 4) is 5.75 Å². The Balaban J connectivity index is 1.70. The Morgan fingerprint density at radius 1 is 1.42 bits per heavy atom. The van der Waals surface area contributed by atoms with Gasteiger partial charge >= 0.3 is 0 Å². The third-order valence-corrected chi connectivity index (χ3v) is 4.00. The standard InChI is InChI=1S/C15H20N2O2/c1-9-5-12(6-9)16-10(2)11-3-4-14-13(7-11)17-15(18)8-19-14/h3-4,7,9-10,12,16H,5-6,8H2,1-2H3,(H,17,18). The van der Waals surface area contributed by atoms with Gasteiger partial charge < -0.3 is 15.4 Å². The first kappa shape index (κ1) is 12.5. The number of hydrogen-bond acceptors (Lipinski definition) is 3. The van der Waals surface area contributed by atoms with Gasteiger partial charge in [-0.3, -0.25) is 4.79 Å². The molecule has 0 bridgehead atoms. The predicted molar refractivity (Wildman–Crippen MR) is 74.3 cm³/mol. The maximum Gasteiger partial charge on any atom is 0.262 e. The summed E-state index contributed by atoms with van der Waals surface area (Å²) in [4.78, 5) is 11.3. The average Bonchev–Trinajstić information content (AvgIpc) is 2.36. The Morgan fingerprint density at radius 2 is 2.21 bits per heavy atom. The molecule has 2 aliphatic rings. The monoisotopic (exact) mass is 260 g/mol. The summed E-state index contributed by atoms with van der Waals surface area (Å²) in [7, 11) is 0. The lowest BCUT2D eigenvalue weighted by Crippen LogP contribution is -2.41. The van der Waals surface area contributed by atoms with Crippen molar-refractivity contribution in [3.05, 3.63) is 23.8 Å². The number of hydrogen-bond donors (Lipinski definition) is 2. The molecule has 0 saturated heterocycles. The lowest BCUT2D eigenvalue weighted by atomic mass is 9.81. The number of fused-ring (bicyclic) bond motifs is 1. The quantitative estimate of drug-likeness (QED) is 0.877. The van der Waals surface area contributed by atoms with E-state index >= 15 is 0 Å². The summed E-state index contributed by atoms with van der Waals surface area (Å²) >= 11 is 0. The minimum Gasteiger partial charge on any atom is -0.482 e. The number of nitrogens with one attached hydrogen (secondary N) is 2. The van der Waals surface area contributed by atoms with Crippen molar-refractivity contribution in [2.75, 3.05) is 11.9 Å². The first-order chi connectivity index (χ1) is 9.11. The van der Waals surface area contributed by atoms with Crippen molar-refractivity contribution in [2.24, 2.45) is 5.92 Å². The van der Waals surface area contributed by atoms with Crippen LogP contribution in [0.4, 0.5) is 5.69 Å². The van der Waals surface area contributed by atoms with E-state index in [9.17, 15) is 4.79 Å². The highest BCUT2D eigenvalue weighted by Gasteiger charge is 2.26. The third-order valence-electron chi connectivity index (χ3n) is 4.00. The largest absolute Gasteiger partial charge is 0.482 e. The summed E-state index contributed by atoms with van der Waals surface area (Å²) in [5.41, 5.74) is 1.97. The highest BCUT2D eigenvalue weighted by Crippen LogP contribution is 2.32. The van der Waals surface area contributed by atoms with Gasteiger partial charge in [0.2, 0.25) is 0 Å². The molecule has 1 aromatic rings. The van der Waals surface area contributed by atoms with Gasteiger partial charge in [-0.05, 0) is 43.4 Å². The molecule has 1 unspecified atom stereocenters. The van der Waals surface area contributed by atoms with Crippen molar-refractivity contribution >= 4 is 11.6 Å². The molecule has 0 aromatic heterocycles. The normalized spacial score (nSPS) is 26.7. The van der Waals surface area contributed by atoms with Gasteiger partial charge in [0.1, 0.15) is 5.75 Å². The van der Waals surface area contributed by atoms with Crippen molar-refractivity contribution in [1.82, 2.24) is 5.32 Å². The molecule has 1 fully saturated rings. The first-order valence-electron chi connectivity index (χ1n) is 6.94. The van der Waals surface area contributed by atoms with E-state index in [1.807, 2.05) is 12.1 Å². The van der Waals surface area contributed by atoms with Crippen LogP contribution in [0.15, 0.2) is 18.2 Å². The zero-order chi connectivity index (χ0) is 13.4. The van der Waals surface area contributed by atoms with Gasteiger partial charge in [-0.15, -0.1) is 0 Å². The topological polar surface area (TPSA) is 50.4 Å². The van der Waals surface area contributed by atoms with Gasteiger partial charge in [-0.2, -0.15) is 0 Å². The highest BCUT2D eigenvalue weighted by molar-refractivity contribution is 5.95. The number of ether oxygens (including phenoxy) is 1. The minimum atomic E-state index is -0.0851. The summed E-state index contributed by atoms with van der Waals surface area (Å²) in [6.45, 7) is 4.56. The van der Waals surface area contributed by atoms with Gasteiger partial charge in [0.25, 0.3) is 5.91 Å². The number of rotatable bonds is 3. The first-order valence-corrected chi connectivity index (χ1v) is 6.94. The fourth-order valence-corrected chi connectivity index (χ4v) is 2.86. The minimum absolute atomic E-state index is 0.0851. The van der Waals surface area contributed by atoms with Crippen LogP contribution in [0, 0.1) is 5.92 Å². The van der Waals surface area contributed by atoms with Crippen LogP contribution in [0.5, 0.6) is 5.75 Å². The van der Waals surface area contributed by atoms with E-state index in [0.29, 0.717) is 12.1 Å². The molecule has 1 saturated carbocycles. The molecule has 0 radical (unpaired) electrons. The van der Waals surface area contributed by atoms with Crippen molar-refractivity contribution in [3.63, 3.8) is 0 Å². The Labute approximate surface area is 113 Å². The molecule has 1 amide bonds. The van der Waals surface area contributed by atoms with Crippen LogP contribution < -0.4 is 15.4 Å². The van der Waals surface area contributed by atoms with Crippen LogP contribution in [0.1, 0.15) is 38.3 Å². The van der Waals surface area contributed by atoms with E-state index in [4.69, 9.17) is 4.74 Å². The van der Waals surface area contributed by atoms with Crippen molar-refractivity contribution in [2.45, 2.75) is 38.8 Å². The van der Waals surface area contributed by atoms with Gasteiger partial charge in [0.05, 0.1) is 5.69 Å². The van der Waals surface area contributed by atoms with Crippen LogP contribution in [-0.4, -0.2) is 18.6 Å². The lowest BCUT2D eigenvalue weighted by molar-refractivity contribution is -0.118. The Bertz CT molecular complexity index is 495. The van der Waals surface area contributed by atoms with Crippen LogP contribution in [-0.2, 0) is 4.79 Å². The molecular formula is C15H20N2O2. The number of anilines is 1. The van der Waals surface area contributed by atoms with Gasteiger partial charge in [-0.25, -0.2) is 0 Å². The molecule has 1 atom stereocenters. The predicted octanol–water partition coefficient (Wildman–Crippen LogP) is 2.47. The van der Waals surface area contributed by atoms with Crippen LogP contribution in [0.2, 0.25) is 0 Å². The Hall–Kier alpha value is -1.55. The Kier molecular flexibility index (Phi) is 3.19. The molecule has 1 aromatic carbocycles. The second-order valence-corrected chi connectivity index (χ2v) is 5.75. The number of amides is 1. The van der Waals surface area contributed by atoms with Crippen molar-refractivity contribution < 1.29 is 9.53 Å². The average molecular weight is 260 g/mol. The lowest BCUT2D eigenvalue weighted by Gasteiger charge is -2.36. The molecule has 1 aliphatic carbocycles. The summed E-state index contributed by atoms with van der Waals surface area (Å²) in [5, 5.41) is 6.48. The molecule has 4 heteroatoms. The number of benzene rings is 1. The van der Waals surface area contributed by atoms with E-state index in [0.717, 1.165) is 17.4 Å². The molecule has 19 heavy (non-hydrogen) atoms. The molecule has 2 N–H and O–H groups in total. The Morgan fingerprint density at radius 3 is 2.95 bits per heavy atom. The summed E-state index contributed by atoms with van der Waals surface area (Å²) < 4.78 is 5.37. The maximum atomic E-state index is 11.3. The van der Waals surface area contributed by atoms with Crippen LogP contribution in [0.25, 0.3) is 0 Å². The summed E-state index contributed by atoms with van der Waals surface area (Å²) in [5.74, 6) is 1.52. The van der Waals surface area contributed by atoms with Crippen LogP contribution >= 0.6 is 0 Å². The second-order valence-electron chi connectivity index (χ2n) is 5.75. The fraction of sp³-hybridized carbons (Fsp3) is 0.533. The van der Waals surface area contributed by atoms with Crippen LogP contribution in [0.3, 0.4) is 0 Å². The van der Waals surface area contributed by atoms with Gasteiger partial charge in [0, 0.05) is 12.1 Å². The van der Waals surface area contributed by atoms with Gasteiger partial charge in [-0.1, -0.05) is 13.0 Å². The number of carbonyl (C=O) groups is 1. The molecule has 4 nitrogen and oxygen atoms in total. The maximum absolute atomic E-state index is 11.3. The van der Waals surface area contributed by atoms with Gasteiger partial charge in [0.15, 0.2) is 6.61 Å². The summed E-state index contributed by atoms with van der Waals surface area (Å²) in [6, 6.07) is 6.93. The SMILES string of the molecule is CC1CC(NC(C)c2ccc3c(c2)NC(=O)CO3)C1. The smallest absolute Gasteiger partial charge is 0.262 e. The molecular weight excluding hydrogens is 240 g/mol. The fourth-order valence-electron chi connectivity index (χ4n) is 2.86. The third kappa shape index (κ3) is 2.59. The van der Waals surface area contributed by atoms with E-state index in [2.05, 4.69) is 30.5 Å². The molecule has 3 rings (SSSR count). The molecule has 0 spiro atoms. The zero-order valence-corrected chi connectivity index (χ0v) is 11.4. The van der Waals surface area contributed by atoms with E-state index in [-0.39, 0.29) is 12.5 Å². The van der Waals surface area contributed by atoms with Crippen molar-refractivity contribution in [1.29, 1.82) is 0 Å². The second kappa shape index (κ2) is 4.85. The number of carbonyl (C=O) groups excluding carboxylic acids is 1. The summed E-state index contributed by atoms with van der Waals surface area (Å²) in [6.07, 6.45) is 2.52. The highest BCUT2D eigenvalue weighted by atomic mass is 16.5. The van der Waals surface area contributed by atoms with E-state index in [1.54, 1.807) is 0 Å². The molecule has 102 valence electrons.